The highest BCUT2D eigenvalue weighted by Gasteiger charge is 2.19. The average molecular weight is 397 g/mol. The zero-order chi connectivity index (χ0) is 19.4. The van der Waals surface area contributed by atoms with Crippen molar-refractivity contribution in [2.75, 3.05) is 7.11 Å². The summed E-state index contributed by atoms with van der Waals surface area (Å²) in [6, 6.07) is 4.28. The summed E-state index contributed by atoms with van der Waals surface area (Å²) in [6.45, 7) is 7.77. The molecule has 0 aliphatic carbocycles. The summed E-state index contributed by atoms with van der Waals surface area (Å²) in [5.41, 5.74) is 0.712. The van der Waals surface area contributed by atoms with Gasteiger partial charge in [0.2, 0.25) is 0 Å². The van der Waals surface area contributed by atoms with Crippen molar-refractivity contribution in [2.45, 2.75) is 34.1 Å². The maximum Gasteiger partial charge on any atom is 0.268 e. The van der Waals surface area contributed by atoms with Crippen molar-refractivity contribution in [1.29, 1.82) is 0 Å². The van der Waals surface area contributed by atoms with Crippen molar-refractivity contribution >= 4 is 44.8 Å². The SMILES string of the molecule is CC/C(=N\C(C)=C(\OC)C(C)C)NC(=O)c1sc2cc(F)ccc2c1Cl. The molecule has 0 spiro atoms. The molecule has 1 amide bonds. The van der Waals surface area contributed by atoms with Gasteiger partial charge in [0.05, 0.1) is 17.8 Å². The smallest absolute Gasteiger partial charge is 0.268 e. The Bertz CT molecular complexity index is 887. The zero-order valence-electron chi connectivity index (χ0n) is 15.4. The number of amides is 1. The molecule has 0 unspecified atom stereocenters. The van der Waals surface area contributed by atoms with Crippen LogP contribution in [0.3, 0.4) is 0 Å². The largest absolute Gasteiger partial charge is 0.499 e. The fraction of sp³-hybridized carbons (Fsp3) is 0.368. The van der Waals surface area contributed by atoms with E-state index in [4.69, 9.17) is 16.3 Å². The van der Waals surface area contributed by atoms with Crippen LogP contribution in [0.2, 0.25) is 5.02 Å². The quantitative estimate of drug-likeness (QED) is 0.396. The van der Waals surface area contributed by atoms with E-state index in [0.29, 0.717) is 37.9 Å². The van der Waals surface area contributed by atoms with E-state index in [-0.39, 0.29) is 17.6 Å². The molecule has 4 nitrogen and oxygen atoms in total. The molecule has 0 fully saturated rings. The molecule has 0 bridgehead atoms. The second kappa shape index (κ2) is 8.64. The minimum Gasteiger partial charge on any atom is -0.499 e. The molecule has 7 heteroatoms. The highest BCUT2D eigenvalue weighted by atomic mass is 35.5. The number of ether oxygens (including phenoxy) is 1. The molecule has 0 saturated heterocycles. The Hall–Kier alpha value is -1.92. The van der Waals surface area contributed by atoms with Gasteiger partial charge in [-0.1, -0.05) is 32.4 Å². The molecule has 1 aromatic carbocycles. The highest BCUT2D eigenvalue weighted by molar-refractivity contribution is 7.21. The van der Waals surface area contributed by atoms with Gasteiger partial charge in [-0.05, 0) is 25.1 Å². The Morgan fingerprint density at radius 1 is 1.42 bits per heavy atom. The molecule has 0 aliphatic heterocycles. The Kier molecular flexibility index (Phi) is 6.78. The Labute approximate surface area is 161 Å². The number of nitrogens with zero attached hydrogens (tertiary/aromatic N) is 1. The van der Waals surface area contributed by atoms with Crippen molar-refractivity contribution in [3.05, 3.63) is 45.4 Å². The monoisotopic (exact) mass is 396 g/mol. The van der Waals surface area contributed by atoms with E-state index in [9.17, 15) is 9.18 Å². The summed E-state index contributed by atoms with van der Waals surface area (Å²) in [5.74, 6) is 0.751. The van der Waals surface area contributed by atoms with Crippen LogP contribution in [0.4, 0.5) is 4.39 Å². The number of thiophene rings is 1. The van der Waals surface area contributed by atoms with Crippen molar-refractivity contribution in [3.63, 3.8) is 0 Å². The number of fused-ring (bicyclic) bond motifs is 1. The number of benzene rings is 1. The highest BCUT2D eigenvalue weighted by Crippen LogP contribution is 2.35. The van der Waals surface area contributed by atoms with Crippen LogP contribution in [0.1, 0.15) is 43.8 Å². The number of carbonyl (C=O) groups excluding carboxylic acids is 1. The van der Waals surface area contributed by atoms with Gasteiger partial charge in [-0.15, -0.1) is 11.3 Å². The van der Waals surface area contributed by atoms with E-state index in [2.05, 4.69) is 10.3 Å². The molecule has 1 aromatic heterocycles. The second-order valence-corrected chi connectivity index (χ2v) is 7.49. The van der Waals surface area contributed by atoms with Crippen molar-refractivity contribution < 1.29 is 13.9 Å². The summed E-state index contributed by atoms with van der Waals surface area (Å²) >= 11 is 7.47. The number of rotatable bonds is 5. The summed E-state index contributed by atoms with van der Waals surface area (Å²) < 4.78 is 19.4. The van der Waals surface area contributed by atoms with Gasteiger partial charge in [0.25, 0.3) is 5.91 Å². The van der Waals surface area contributed by atoms with Crippen LogP contribution in [0.5, 0.6) is 0 Å². The number of methoxy groups -OCH3 is 1. The maximum absolute atomic E-state index is 13.4. The number of aliphatic imine (C=N–C) groups is 1. The Balaban J connectivity index is 2.33. The first-order chi connectivity index (χ1) is 12.3. The minimum absolute atomic E-state index is 0.185. The van der Waals surface area contributed by atoms with Crippen LogP contribution < -0.4 is 5.32 Å². The fourth-order valence-electron chi connectivity index (χ4n) is 2.63. The third-order valence-electron chi connectivity index (χ3n) is 3.79. The lowest BCUT2D eigenvalue weighted by molar-refractivity contribution is 0.0980. The first-order valence-corrected chi connectivity index (χ1v) is 9.49. The van der Waals surface area contributed by atoms with Crippen molar-refractivity contribution in [1.82, 2.24) is 5.32 Å². The molecule has 0 radical (unpaired) electrons. The van der Waals surface area contributed by atoms with Gasteiger partial charge in [0, 0.05) is 22.4 Å². The van der Waals surface area contributed by atoms with Crippen LogP contribution in [0.25, 0.3) is 10.1 Å². The van der Waals surface area contributed by atoms with E-state index < -0.39 is 0 Å². The summed E-state index contributed by atoms with van der Waals surface area (Å²) in [7, 11) is 1.61. The Morgan fingerprint density at radius 2 is 2.12 bits per heavy atom. The molecule has 2 aromatic rings. The fourth-order valence-corrected chi connectivity index (χ4v) is 4.06. The third kappa shape index (κ3) is 4.43. The predicted molar refractivity (Wildman–Crippen MR) is 107 cm³/mol. The molecule has 2 rings (SSSR count). The predicted octanol–water partition coefficient (Wildman–Crippen LogP) is 5.77. The molecular weight excluding hydrogens is 375 g/mol. The van der Waals surface area contributed by atoms with Gasteiger partial charge in [0.1, 0.15) is 22.3 Å². The lowest BCUT2D eigenvalue weighted by Gasteiger charge is -2.13. The van der Waals surface area contributed by atoms with Crippen LogP contribution in [0, 0.1) is 11.7 Å². The topological polar surface area (TPSA) is 50.7 Å². The number of carbonyl (C=O) groups is 1. The van der Waals surface area contributed by atoms with E-state index in [1.165, 1.54) is 12.1 Å². The molecule has 1 N–H and O–H groups in total. The van der Waals surface area contributed by atoms with Gasteiger partial charge in [-0.3, -0.25) is 4.79 Å². The lowest BCUT2D eigenvalue weighted by atomic mass is 10.1. The molecule has 0 saturated carbocycles. The van der Waals surface area contributed by atoms with Crippen molar-refractivity contribution in [2.24, 2.45) is 10.9 Å². The Morgan fingerprint density at radius 3 is 2.69 bits per heavy atom. The number of hydrogen-bond acceptors (Lipinski definition) is 4. The standard InChI is InChI=1S/C19H22ClFN2O2S/c1-6-15(22-11(4)17(25-5)10(2)3)23-19(24)18-16(20)13-8-7-12(21)9-14(13)26-18/h7-10H,6H2,1-5H3,(H,22,23,24)/b17-11+. The first-order valence-electron chi connectivity index (χ1n) is 8.29. The first kappa shape index (κ1) is 20.4. The molecule has 1 heterocycles. The van der Waals surface area contributed by atoms with Crippen molar-refractivity contribution in [3.8, 4) is 0 Å². The molecule has 0 atom stereocenters. The van der Waals surface area contributed by atoms with Gasteiger partial charge in [-0.2, -0.15) is 0 Å². The number of allylic oxidation sites excluding steroid dienone is 2. The summed E-state index contributed by atoms with van der Waals surface area (Å²) in [5, 5.41) is 3.79. The lowest BCUT2D eigenvalue weighted by Crippen LogP contribution is -2.29. The second-order valence-electron chi connectivity index (χ2n) is 6.06. The number of amidine groups is 1. The number of hydrogen-bond donors (Lipinski definition) is 1. The minimum atomic E-state index is -0.361. The number of halogens is 2. The third-order valence-corrected chi connectivity index (χ3v) is 5.45. The van der Waals surface area contributed by atoms with Gasteiger partial charge >= 0.3 is 0 Å². The normalized spacial score (nSPS) is 13.2. The van der Waals surface area contributed by atoms with E-state index in [0.717, 1.165) is 17.1 Å². The number of nitrogens with one attached hydrogen (secondary N) is 1. The summed E-state index contributed by atoms with van der Waals surface area (Å²) in [4.78, 5) is 17.5. The van der Waals surface area contributed by atoms with Gasteiger partial charge < -0.3 is 10.1 Å². The zero-order valence-corrected chi connectivity index (χ0v) is 17.0. The van der Waals surface area contributed by atoms with E-state index >= 15 is 0 Å². The van der Waals surface area contributed by atoms with Crippen LogP contribution in [-0.4, -0.2) is 18.9 Å². The van der Waals surface area contributed by atoms with Gasteiger partial charge in [-0.25, -0.2) is 9.38 Å². The molecular formula is C19H22ClFN2O2S. The van der Waals surface area contributed by atoms with Crippen LogP contribution >= 0.6 is 22.9 Å². The molecule has 26 heavy (non-hydrogen) atoms. The van der Waals surface area contributed by atoms with Crippen LogP contribution in [-0.2, 0) is 4.74 Å². The van der Waals surface area contributed by atoms with E-state index in [1.807, 2.05) is 27.7 Å². The van der Waals surface area contributed by atoms with Gasteiger partial charge in [0.15, 0.2) is 0 Å². The summed E-state index contributed by atoms with van der Waals surface area (Å²) in [6.07, 6.45) is 0.537. The molecule has 140 valence electrons. The van der Waals surface area contributed by atoms with Crippen LogP contribution in [0.15, 0.2) is 34.6 Å². The van der Waals surface area contributed by atoms with E-state index in [1.54, 1.807) is 13.2 Å². The maximum atomic E-state index is 13.4. The molecule has 0 aliphatic rings. The average Bonchev–Trinajstić information content (AvgIpc) is 2.90.